The van der Waals surface area contributed by atoms with Gasteiger partial charge in [0.15, 0.2) is 0 Å². The highest BCUT2D eigenvalue weighted by atomic mass is 32.1. The number of amides is 1. The highest BCUT2D eigenvalue weighted by Gasteiger charge is 2.11. The molecule has 0 aliphatic heterocycles. The van der Waals surface area contributed by atoms with Gasteiger partial charge in [-0.15, -0.1) is 0 Å². The van der Waals surface area contributed by atoms with Crippen LogP contribution in [0.2, 0.25) is 0 Å². The summed E-state index contributed by atoms with van der Waals surface area (Å²) in [5.41, 5.74) is 3.88. The molecule has 112 valence electrons. The van der Waals surface area contributed by atoms with Crippen molar-refractivity contribution in [3.05, 3.63) is 64.5 Å². The number of aromatic nitrogens is 2. The Labute approximate surface area is 133 Å². The fourth-order valence-electron chi connectivity index (χ4n) is 2.34. The lowest BCUT2D eigenvalue weighted by Gasteiger charge is -2.13. The Morgan fingerprint density at radius 1 is 1.27 bits per heavy atom. The molecular weight excluding hydrogens is 294 g/mol. The van der Waals surface area contributed by atoms with Gasteiger partial charge in [-0.1, -0.05) is 12.1 Å². The van der Waals surface area contributed by atoms with Crippen molar-refractivity contribution in [3.63, 3.8) is 0 Å². The zero-order chi connectivity index (χ0) is 15.4. The monoisotopic (exact) mass is 311 g/mol. The summed E-state index contributed by atoms with van der Waals surface area (Å²) in [6.45, 7) is 2.02. The van der Waals surface area contributed by atoms with E-state index in [1.165, 1.54) is 5.56 Å². The van der Waals surface area contributed by atoms with Gasteiger partial charge in [-0.25, -0.2) is 0 Å². The summed E-state index contributed by atoms with van der Waals surface area (Å²) in [7, 11) is 0. The van der Waals surface area contributed by atoms with E-state index in [1.54, 1.807) is 17.5 Å². The molecule has 0 spiro atoms. The Hall–Kier alpha value is -2.40. The Morgan fingerprint density at radius 3 is 2.73 bits per heavy atom. The smallest absolute Gasteiger partial charge is 0.251 e. The number of thiophene rings is 1. The molecule has 1 atom stereocenters. The predicted octanol–water partition coefficient (Wildman–Crippen LogP) is 3.50. The van der Waals surface area contributed by atoms with E-state index in [0.29, 0.717) is 5.56 Å². The molecule has 0 saturated heterocycles. The van der Waals surface area contributed by atoms with Crippen LogP contribution in [0, 0.1) is 0 Å². The minimum Gasteiger partial charge on any atom is -0.349 e. The Kier molecular flexibility index (Phi) is 4.34. The number of carbonyl (C=O) groups excluding carboxylic acids is 1. The van der Waals surface area contributed by atoms with E-state index in [1.807, 2.05) is 37.3 Å². The van der Waals surface area contributed by atoms with Crippen LogP contribution in [0.5, 0.6) is 0 Å². The number of benzene rings is 1. The number of carbonyl (C=O) groups is 1. The summed E-state index contributed by atoms with van der Waals surface area (Å²) in [4.78, 5) is 12.3. The number of hydrogen-bond donors (Lipinski definition) is 2. The number of aromatic amines is 1. The zero-order valence-corrected chi connectivity index (χ0v) is 13.1. The summed E-state index contributed by atoms with van der Waals surface area (Å²) < 4.78 is 0. The van der Waals surface area contributed by atoms with Gasteiger partial charge in [0.25, 0.3) is 5.91 Å². The second-order valence-corrected chi connectivity index (χ2v) is 6.04. The highest BCUT2D eigenvalue weighted by molar-refractivity contribution is 7.07. The maximum atomic E-state index is 12.3. The SMILES string of the molecule is CC(Cc1ccsc1)NC(=O)c1ccc(-c2ccn[nH]2)cc1. The molecule has 3 aromatic rings. The van der Waals surface area contributed by atoms with E-state index in [4.69, 9.17) is 0 Å². The molecule has 2 heterocycles. The van der Waals surface area contributed by atoms with Gasteiger partial charge in [0.1, 0.15) is 0 Å². The van der Waals surface area contributed by atoms with Gasteiger partial charge in [0.2, 0.25) is 0 Å². The topological polar surface area (TPSA) is 57.8 Å². The molecule has 3 rings (SSSR count). The molecule has 0 aliphatic carbocycles. The Bertz CT molecular complexity index is 718. The molecule has 1 amide bonds. The van der Waals surface area contributed by atoms with Crippen molar-refractivity contribution < 1.29 is 4.79 Å². The average molecular weight is 311 g/mol. The Balaban J connectivity index is 1.62. The van der Waals surface area contributed by atoms with Gasteiger partial charge < -0.3 is 5.32 Å². The van der Waals surface area contributed by atoms with Crippen molar-refractivity contribution in [3.8, 4) is 11.3 Å². The lowest BCUT2D eigenvalue weighted by atomic mass is 10.1. The second kappa shape index (κ2) is 6.58. The molecule has 22 heavy (non-hydrogen) atoms. The standard InChI is InChI=1S/C17H17N3OS/c1-12(10-13-7-9-22-11-13)19-17(21)15-4-2-14(3-5-15)16-6-8-18-20-16/h2-9,11-12H,10H2,1H3,(H,18,20)(H,19,21). The van der Waals surface area contributed by atoms with Crippen LogP contribution in [0.3, 0.4) is 0 Å². The van der Waals surface area contributed by atoms with Crippen LogP contribution in [0.1, 0.15) is 22.8 Å². The van der Waals surface area contributed by atoms with E-state index in [0.717, 1.165) is 17.7 Å². The number of rotatable bonds is 5. The summed E-state index contributed by atoms with van der Waals surface area (Å²) in [6.07, 6.45) is 2.56. The van der Waals surface area contributed by atoms with E-state index in [9.17, 15) is 4.79 Å². The van der Waals surface area contributed by atoms with Crippen molar-refractivity contribution in [2.24, 2.45) is 0 Å². The fourth-order valence-corrected chi connectivity index (χ4v) is 3.02. The summed E-state index contributed by atoms with van der Waals surface area (Å²) in [5.74, 6) is -0.0427. The first kappa shape index (κ1) is 14.5. The van der Waals surface area contributed by atoms with Crippen molar-refractivity contribution in [1.82, 2.24) is 15.5 Å². The molecule has 5 heteroatoms. The van der Waals surface area contributed by atoms with Crippen LogP contribution in [-0.4, -0.2) is 22.1 Å². The molecule has 1 aromatic carbocycles. The summed E-state index contributed by atoms with van der Waals surface area (Å²) in [6, 6.07) is 11.6. The van der Waals surface area contributed by atoms with Gasteiger partial charge in [-0.05, 0) is 59.5 Å². The van der Waals surface area contributed by atoms with Crippen molar-refractivity contribution in [2.45, 2.75) is 19.4 Å². The molecule has 0 saturated carbocycles. The van der Waals surface area contributed by atoms with Crippen LogP contribution in [0.4, 0.5) is 0 Å². The van der Waals surface area contributed by atoms with Crippen LogP contribution < -0.4 is 5.32 Å². The van der Waals surface area contributed by atoms with Crippen molar-refractivity contribution in [2.75, 3.05) is 0 Å². The number of H-pyrrole nitrogens is 1. The van der Waals surface area contributed by atoms with Crippen molar-refractivity contribution in [1.29, 1.82) is 0 Å². The Morgan fingerprint density at radius 2 is 2.09 bits per heavy atom. The first-order chi connectivity index (χ1) is 10.7. The molecular formula is C17H17N3OS. The molecule has 2 aromatic heterocycles. The van der Waals surface area contributed by atoms with Gasteiger partial charge in [0, 0.05) is 17.8 Å². The molecule has 4 nitrogen and oxygen atoms in total. The lowest BCUT2D eigenvalue weighted by molar-refractivity contribution is 0.0940. The van der Waals surface area contributed by atoms with Crippen LogP contribution >= 0.6 is 11.3 Å². The van der Waals surface area contributed by atoms with Gasteiger partial charge in [-0.3, -0.25) is 9.89 Å². The zero-order valence-electron chi connectivity index (χ0n) is 12.2. The third kappa shape index (κ3) is 3.43. The van der Waals surface area contributed by atoms with Gasteiger partial charge in [-0.2, -0.15) is 16.4 Å². The second-order valence-electron chi connectivity index (χ2n) is 5.26. The number of hydrogen-bond acceptors (Lipinski definition) is 3. The quantitative estimate of drug-likeness (QED) is 0.757. The van der Waals surface area contributed by atoms with Gasteiger partial charge >= 0.3 is 0 Å². The maximum Gasteiger partial charge on any atom is 0.251 e. The highest BCUT2D eigenvalue weighted by Crippen LogP contribution is 2.16. The molecule has 0 fully saturated rings. The van der Waals surface area contributed by atoms with Crippen LogP contribution in [0.15, 0.2) is 53.4 Å². The predicted molar refractivity (Wildman–Crippen MR) is 89.0 cm³/mol. The molecule has 0 bridgehead atoms. The lowest BCUT2D eigenvalue weighted by Crippen LogP contribution is -2.33. The van der Waals surface area contributed by atoms with E-state index < -0.39 is 0 Å². The van der Waals surface area contributed by atoms with Gasteiger partial charge in [0.05, 0.1) is 5.69 Å². The van der Waals surface area contributed by atoms with E-state index >= 15 is 0 Å². The number of nitrogens with zero attached hydrogens (tertiary/aromatic N) is 1. The molecule has 0 aliphatic rings. The fraction of sp³-hybridized carbons (Fsp3) is 0.176. The van der Waals surface area contributed by atoms with E-state index in [-0.39, 0.29) is 11.9 Å². The third-order valence-corrected chi connectivity index (χ3v) is 4.19. The van der Waals surface area contributed by atoms with Crippen LogP contribution in [0.25, 0.3) is 11.3 Å². The third-order valence-electron chi connectivity index (χ3n) is 3.46. The summed E-state index contributed by atoms with van der Waals surface area (Å²) in [5, 5.41) is 14.0. The summed E-state index contributed by atoms with van der Waals surface area (Å²) >= 11 is 1.68. The molecule has 2 N–H and O–H groups in total. The van der Waals surface area contributed by atoms with Crippen molar-refractivity contribution >= 4 is 17.2 Å². The largest absolute Gasteiger partial charge is 0.349 e. The minimum absolute atomic E-state index is 0.0427. The molecule has 1 unspecified atom stereocenters. The normalized spacial score (nSPS) is 12.0. The minimum atomic E-state index is -0.0427. The maximum absolute atomic E-state index is 12.3. The van der Waals surface area contributed by atoms with Crippen LogP contribution in [-0.2, 0) is 6.42 Å². The first-order valence-corrected chi connectivity index (χ1v) is 8.08. The molecule has 0 radical (unpaired) electrons. The number of nitrogens with one attached hydrogen (secondary N) is 2. The van der Waals surface area contributed by atoms with E-state index in [2.05, 4.69) is 32.3 Å². The first-order valence-electron chi connectivity index (χ1n) is 7.14. The average Bonchev–Trinajstić information content (AvgIpc) is 3.20.